The van der Waals surface area contributed by atoms with Crippen molar-refractivity contribution in [3.05, 3.63) is 31.7 Å². The summed E-state index contributed by atoms with van der Waals surface area (Å²) < 4.78 is 0. The lowest BCUT2D eigenvalue weighted by Gasteiger charge is -2.12. The van der Waals surface area contributed by atoms with Gasteiger partial charge in [0.15, 0.2) is 0 Å². The van der Waals surface area contributed by atoms with E-state index in [0.717, 1.165) is 22.9 Å². The van der Waals surface area contributed by atoms with E-state index in [1.807, 2.05) is 5.51 Å². The van der Waals surface area contributed by atoms with E-state index < -0.39 is 0 Å². The van der Waals surface area contributed by atoms with Gasteiger partial charge in [-0.15, -0.1) is 22.7 Å². The molecule has 0 spiro atoms. The van der Waals surface area contributed by atoms with Gasteiger partial charge in [0.1, 0.15) is 0 Å². The van der Waals surface area contributed by atoms with Gasteiger partial charge in [0.25, 0.3) is 0 Å². The van der Waals surface area contributed by atoms with E-state index in [9.17, 15) is 0 Å². The zero-order chi connectivity index (χ0) is 12.4. The van der Waals surface area contributed by atoms with Crippen LogP contribution in [0, 0.1) is 20.8 Å². The van der Waals surface area contributed by atoms with Gasteiger partial charge in [0, 0.05) is 22.3 Å². The molecular formula is C12H17N3S2. The maximum atomic E-state index is 4.46. The van der Waals surface area contributed by atoms with Gasteiger partial charge < -0.3 is 5.32 Å². The lowest BCUT2D eigenvalue weighted by atomic mass is 10.2. The zero-order valence-electron chi connectivity index (χ0n) is 10.6. The summed E-state index contributed by atoms with van der Waals surface area (Å²) in [6, 6.07) is 0.350. The smallest absolute Gasteiger partial charge is 0.0900 e. The third-order valence-electron chi connectivity index (χ3n) is 2.75. The van der Waals surface area contributed by atoms with Crippen molar-refractivity contribution >= 4 is 22.7 Å². The Morgan fingerprint density at radius 3 is 2.59 bits per heavy atom. The Kier molecular flexibility index (Phi) is 3.91. The van der Waals surface area contributed by atoms with Gasteiger partial charge in [0.05, 0.1) is 21.9 Å². The quantitative estimate of drug-likeness (QED) is 0.923. The van der Waals surface area contributed by atoms with Gasteiger partial charge in [0.2, 0.25) is 0 Å². The van der Waals surface area contributed by atoms with Crippen LogP contribution < -0.4 is 5.32 Å². The molecule has 0 aliphatic heterocycles. The van der Waals surface area contributed by atoms with Crippen LogP contribution in [0.5, 0.6) is 0 Å². The number of thiazole rings is 2. The summed E-state index contributed by atoms with van der Waals surface area (Å²) in [7, 11) is 0. The maximum Gasteiger partial charge on any atom is 0.0900 e. The molecule has 1 atom stereocenters. The monoisotopic (exact) mass is 267 g/mol. The second kappa shape index (κ2) is 5.25. The number of nitrogens with one attached hydrogen (secondary N) is 1. The van der Waals surface area contributed by atoms with Crippen LogP contribution >= 0.6 is 22.7 Å². The van der Waals surface area contributed by atoms with Crippen LogP contribution in [0.2, 0.25) is 0 Å². The molecule has 0 saturated carbocycles. The van der Waals surface area contributed by atoms with E-state index in [2.05, 4.69) is 43.0 Å². The molecule has 5 heteroatoms. The number of aromatic nitrogens is 2. The number of rotatable bonds is 4. The molecule has 17 heavy (non-hydrogen) atoms. The molecular weight excluding hydrogens is 250 g/mol. The highest BCUT2D eigenvalue weighted by molar-refractivity contribution is 7.11. The lowest BCUT2D eigenvalue weighted by Crippen LogP contribution is -2.17. The first-order chi connectivity index (χ1) is 8.08. The van der Waals surface area contributed by atoms with Gasteiger partial charge in [-0.05, 0) is 27.7 Å². The highest BCUT2D eigenvalue weighted by atomic mass is 32.1. The molecule has 92 valence electrons. The van der Waals surface area contributed by atoms with Crippen LogP contribution in [0.15, 0.2) is 5.51 Å². The molecule has 2 aromatic rings. The summed E-state index contributed by atoms with van der Waals surface area (Å²) in [6.07, 6.45) is 0. The Morgan fingerprint density at radius 1 is 1.29 bits per heavy atom. The standard InChI is InChI=1S/C12H17N3S2/c1-7-11(16-6-14-7)5-13-8(2)12-9(3)15-10(4)17-12/h6,8,13H,5H2,1-4H3. The van der Waals surface area contributed by atoms with Crippen molar-refractivity contribution in [1.29, 1.82) is 0 Å². The first kappa shape index (κ1) is 12.7. The van der Waals surface area contributed by atoms with Crippen molar-refractivity contribution in [3.63, 3.8) is 0 Å². The van der Waals surface area contributed by atoms with Crippen LogP contribution in [-0.2, 0) is 6.54 Å². The summed E-state index contributed by atoms with van der Waals surface area (Å²) in [6.45, 7) is 9.26. The van der Waals surface area contributed by atoms with E-state index >= 15 is 0 Å². The third kappa shape index (κ3) is 2.91. The molecule has 2 heterocycles. The van der Waals surface area contributed by atoms with Crippen molar-refractivity contribution < 1.29 is 0 Å². The van der Waals surface area contributed by atoms with Crippen molar-refractivity contribution in [2.45, 2.75) is 40.3 Å². The Bertz CT molecular complexity index is 502. The summed E-state index contributed by atoms with van der Waals surface area (Å²) in [5.74, 6) is 0. The Balaban J connectivity index is 2.00. The lowest BCUT2D eigenvalue weighted by molar-refractivity contribution is 0.582. The molecule has 3 nitrogen and oxygen atoms in total. The largest absolute Gasteiger partial charge is 0.304 e. The Morgan fingerprint density at radius 2 is 2.06 bits per heavy atom. The second-order valence-electron chi connectivity index (χ2n) is 4.15. The van der Waals surface area contributed by atoms with Crippen molar-refractivity contribution in [3.8, 4) is 0 Å². The predicted octanol–water partition coefficient (Wildman–Crippen LogP) is 3.38. The van der Waals surface area contributed by atoms with Crippen molar-refractivity contribution in [2.24, 2.45) is 0 Å². The third-order valence-corrected chi connectivity index (χ3v) is 4.94. The normalized spacial score (nSPS) is 12.9. The number of nitrogens with zero attached hydrogens (tertiary/aromatic N) is 2. The van der Waals surface area contributed by atoms with Crippen LogP contribution in [0.4, 0.5) is 0 Å². The van der Waals surface area contributed by atoms with E-state index in [1.54, 1.807) is 22.7 Å². The Hall–Kier alpha value is -0.780. The molecule has 2 rings (SSSR count). The van der Waals surface area contributed by atoms with Gasteiger partial charge in [-0.3, -0.25) is 0 Å². The molecule has 2 aromatic heterocycles. The molecule has 0 bridgehead atoms. The molecule has 0 aliphatic rings. The molecule has 1 unspecified atom stereocenters. The highest BCUT2D eigenvalue weighted by Gasteiger charge is 2.13. The number of hydrogen-bond acceptors (Lipinski definition) is 5. The molecule has 0 radical (unpaired) electrons. The average molecular weight is 267 g/mol. The summed E-state index contributed by atoms with van der Waals surface area (Å²) in [5, 5.41) is 4.68. The summed E-state index contributed by atoms with van der Waals surface area (Å²) in [4.78, 5) is 11.4. The van der Waals surface area contributed by atoms with Gasteiger partial charge in [-0.25, -0.2) is 9.97 Å². The fourth-order valence-electron chi connectivity index (χ4n) is 1.78. The highest BCUT2D eigenvalue weighted by Crippen LogP contribution is 2.25. The molecule has 0 fully saturated rings. The van der Waals surface area contributed by atoms with E-state index in [4.69, 9.17) is 0 Å². The van der Waals surface area contributed by atoms with Gasteiger partial charge >= 0.3 is 0 Å². The minimum absolute atomic E-state index is 0.350. The van der Waals surface area contributed by atoms with E-state index in [-0.39, 0.29) is 0 Å². The number of aryl methyl sites for hydroxylation is 3. The van der Waals surface area contributed by atoms with Crippen LogP contribution in [0.1, 0.15) is 39.1 Å². The minimum atomic E-state index is 0.350. The summed E-state index contributed by atoms with van der Waals surface area (Å²) in [5.41, 5.74) is 4.18. The van der Waals surface area contributed by atoms with Crippen LogP contribution in [0.3, 0.4) is 0 Å². The van der Waals surface area contributed by atoms with E-state index in [1.165, 1.54) is 9.75 Å². The minimum Gasteiger partial charge on any atom is -0.304 e. The fraction of sp³-hybridized carbons (Fsp3) is 0.500. The summed E-state index contributed by atoms with van der Waals surface area (Å²) >= 11 is 3.49. The fourth-order valence-corrected chi connectivity index (χ4v) is 3.47. The van der Waals surface area contributed by atoms with E-state index in [0.29, 0.717) is 6.04 Å². The van der Waals surface area contributed by atoms with Gasteiger partial charge in [-0.1, -0.05) is 0 Å². The van der Waals surface area contributed by atoms with Crippen molar-refractivity contribution in [1.82, 2.24) is 15.3 Å². The molecule has 0 aromatic carbocycles. The predicted molar refractivity (Wildman–Crippen MR) is 73.7 cm³/mol. The molecule has 0 amide bonds. The van der Waals surface area contributed by atoms with Crippen molar-refractivity contribution in [2.75, 3.05) is 0 Å². The molecule has 1 N–H and O–H groups in total. The first-order valence-electron chi connectivity index (χ1n) is 5.64. The second-order valence-corrected chi connectivity index (χ2v) is 6.32. The SMILES string of the molecule is Cc1nc(C)c(C(C)NCc2scnc2C)s1. The molecule has 0 aliphatic carbocycles. The Labute approximate surface area is 110 Å². The van der Waals surface area contributed by atoms with Gasteiger partial charge in [-0.2, -0.15) is 0 Å². The van der Waals surface area contributed by atoms with Crippen LogP contribution in [-0.4, -0.2) is 9.97 Å². The first-order valence-corrected chi connectivity index (χ1v) is 7.34. The average Bonchev–Trinajstić information content (AvgIpc) is 2.81. The molecule has 0 saturated heterocycles. The topological polar surface area (TPSA) is 37.8 Å². The van der Waals surface area contributed by atoms with Crippen LogP contribution in [0.25, 0.3) is 0 Å². The zero-order valence-corrected chi connectivity index (χ0v) is 12.2. The maximum absolute atomic E-state index is 4.46. The number of hydrogen-bond donors (Lipinski definition) is 1.